The molecule has 1 saturated heterocycles. The number of sulfone groups is 1. The first-order valence-electron chi connectivity index (χ1n) is 7.38. The molecule has 2 aromatic rings. The van der Waals surface area contributed by atoms with Crippen LogP contribution in [-0.4, -0.2) is 31.5 Å². The number of benzene rings is 1. The summed E-state index contributed by atoms with van der Waals surface area (Å²) in [5.74, 6) is 0.702. The van der Waals surface area contributed by atoms with Gasteiger partial charge in [0.2, 0.25) is 0 Å². The molecule has 112 valence electrons. The molecule has 3 rings (SSSR count). The second-order valence-corrected chi connectivity index (χ2v) is 7.85. The molecule has 4 nitrogen and oxygen atoms in total. The Hall–Kier alpha value is -1.46. The van der Waals surface area contributed by atoms with Gasteiger partial charge in [0.05, 0.1) is 17.0 Å². The van der Waals surface area contributed by atoms with E-state index in [0.717, 1.165) is 29.4 Å². The molecular weight excluding hydrogens is 284 g/mol. The number of fused-ring (bicyclic) bond motifs is 1. The van der Waals surface area contributed by atoms with Crippen molar-refractivity contribution in [3.63, 3.8) is 0 Å². The van der Waals surface area contributed by atoms with Gasteiger partial charge in [0.15, 0.2) is 9.84 Å². The zero-order chi connectivity index (χ0) is 14.9. The van der Waals surface area contributed by atoms with E-state index in [2.05, 4.69) is 23.3 Å². The number of aromatic nitrogens is 1. The first-order chi connectivity index (χ1) is 10.1. The van der Waals surface area contributed by atoms with Crippen molar-refractivity contribution in [2.45, 2.75) is 19.4 Å². The lowest BCUT2D eigenvalue weighted by Gasteiger charge is -2.24. The summed E-state index contributed by atoms with van der Waals surface area (Å²) < 4.78 is 23.6. The van der Waals surface area contributed by atoms with E-state index in [0.29, 0.717) is 5.75 Å². The van der Waals surface area contributed by atoms with E-state index in [-0.39, 0.29) is 17.7 Å². The van der Waals surface area contributed by atoms with Gasteiger partial charge in [0, 0.05) is 17.6 Å². The lowest BCUT2D eigenvalue weighted by atomic mass is 9.91. The highest BCUT2D eigenvalue weighted by Gasteiger charge is 2.34. The van der Waals surface area contributed by atoms with Crippen LogP contribution in [0.2, 0.25) is 0 Å². The van der Waals surface area contributed by atoms with Crippen molar-refractivity contribution in [3.05, 3.63) is 42.1 Å². The van der Waals surface area contributed by atoms with Crippen molar-refractivity contribution in [2.24, 2.45) is 5.92 Å². The monoisotopic (exact) mass is 304 g/mol. The number of hydrogen-bond donors (Lipinski definition) is 1. The van der Waals surface area contributed by atoms with E-state index < -0.39 is 9.84 Å². The predicted octanol–water partition coefficient (Wildman–Crippen LogP) is 2.32. The third kappa shape index (κ3) is 2.94. The summed E-state index contributed by atoms with van der Waals surface area (Å²) in [7, 11) is -2.88. The molecule has 1 aliphatic rings. The van der Waals surface area contributed by atoms with Crippen molar-refractivity contribution in [1.29, 1.82) is 0 Å². The minimum atomic E-state index is -2.88. The van der Waals surface area contributed by atoms with Crippen LogP contribution in [-0.2, 0) is 9.84 Å². The summed E-state index contributed by atoms with van der Waals surface area (Å²) in [6.07, 6.45) is 2.52. The van der Waals surface area contributed by atoms with Gasteiger partial charge in [-0.05, 0) is 30.5 Å². The topological polar surface area (TPSA) is 59.1 Å². The zero-order valence-electron chi connectivity index (χ0n) is 12.1. The van der Waals surface area contributed by atoms with E-state index in [1.54, 1.807) is 6.20 Å². The Balaban J connectivity index is 2.04. The Labute approximate surface area is 125 Å². The number of rotatable bonds is 4. The van der Waals surface area contributed by atoms with Gasteiger partial charge < -0.3 is 5.32 Å². The van der Waals surface area contributed by atoms with E-state index in [1.165, 1.54) is 0 Å². The molecule has 2 unspecified atom stereocenters. The van der Waals surface area contributed by atoms with Crippen LogP contribution in [0, 0.1) is 5.92 Å². The maximum atomic E-state index is 11.8. The van der Waals surface area contributed by atoms with Gasteiger partial charge in [-0.3, -0.25) is 4.98 Å². The quantitative estimate of drug-likeness (QED) is 0.942. The minimum Gasteiger partial charge on any atom is -0.310 e. The van der Waals surface area contributed by atoms with E-state index in [4.69, 9.17) is 0 Å². The molecule has 1 fully saturated rings. The highest BCUT2D eigenvalue weighted by Crippen LogP contribution is 2.34. The largest absolute Gasteiger partial charge is 0.310 e. The molecule has 1 aromatic carbocycles. The first-order valence-corrected chi connectivity index (χ1v) is 9.20. The normalized spacial score (nSPS) is 22.4. The van der Waals surface area contributed by atoms with Gasteiger partial charge >= 0.3 is 0 Å². The van der Waals surface area contributed by atoms with E-state index in [9.17, 15) is 8.42 Å². The molecule has 0 saturated carbocycles. The Morgan fingerprint density at radius 3 is 2.86 bits per heavy atom. The highest BCUT2D eigenvalue weighted by molar-refractivity contribution is 7.91. The Morgan fingerprint density at radius 2 is 2.14 bits per heavy atom. The molecule has 1 aliphatic heterocycles. The summed E-state index contributed by atoms with van der Waals surface area (Å²) in [6, 6.07) is 10.1. The molecule has 2 heterocycles. The number of para-hydroxylation sites is 1. The van der Waals surface area contributed by atoms with Crippen molar-refractivity contribution < 1.29 is 8.42 Å². The van der Waals surface area contributed by atoms with Crippen molar-refractivity contribution in [2.75, 3.05) is 18.1 Å². The summed E-state index contributed by atoms with van der Waals surface area (Å²) in [6.45, 7) is 2.86. The van der Waals surface area contributed by atoms with Gasteiger partial charge in [-0.25, -0.2) is 8.42 Å². The number of pyridine rings is 1. The third-order valence-corrected chi connectivity index (χ3v) is 5.96. The zero-order valence-corrected chi connectivity index (χ0v) is 12.9. The van der Waals surface area contributed by atoms with Crippen LogP contribution in [0.3, 0.4) is 0 Å². The molecule has 0 spiro atoms. The highest BCUT2D eigenvalue weighted by atomic mass is 32.2. The fourth-order valence-electron chi connectivity index (χ4n) is 3.22. The third-order valence-electron chi connectivity index (χ3n) is 4.16. The Kier molecular flexibility index (Phi) is 3.95. The van der Waals surface area contributed by atoms with Gasteiger partial charge in [-0.2, -0.15) is 0 Å². The van der Waals surface area contributed by atoms with Crippen molar-refractivity contribution in [1.82, 2.24) is 10.3 Å². The van der Waals surface area contributed by atoms with Crippen molar-refractivity contribution in [3.8, 4) is 0 Å². The molecule has 0 radical (unpaired) electrons. The van der Waals surface area contributed by atoms with Crippen LogP contribution < -0.4 is 5.32 Å². The van der Waals surface area contributed by atoms with Gasteiger partial charge in [-0.15, -0.1) is 0 Å². The molecule has 0 bridgehead atoms. The second-order valence-electron chi connectivity index (χ2n) is 5.62. The van der Waals surface area contributed by atoms with Crippen LogP contribution in [0.4, 0.5) is 0 Å². The molecule has 1 N–H and O–H groups in total. The van der Waals surface area contributed by atoms with Crippen LogP contribution in [0.15, 0.2) is 36.5 Å². The lowest BCUT2D eigenvalue weighted by Crippen LogP contribution is -2.29. The van der Waals surface area contributed by atoms with Gasteiger partial charge in [-0.1, -0.05) is 31.2 Å². The molecule has 21 heavy (non-hydrogen) atoms. The first kappa shape index (κ1) is 14.5. The second kappa shape index (κ2) is 5.73. The van der Waals surface area contributed by atoms with Crippen LogP contribution in [0.5, 0.6) is 0 Å². The minimum absolute atomic E-state index is 0.0471. The molecule has 5 heteroatoms. The number of nitrogens with zero attached hydrogens (tertiary/aromatic N) is 1. The van der Waals surface area contributed by atoms with Crippen molar-refractivity contribution >= 4 is 20.7 Å². The van der Waals surface area contributed by atoms with E-state index in [1.807, 2.05) is 24.3 Å². The average molecular weight is 304 g/mol. The lowest BCUT2D eigenvalue weighted by molar-refractivity contribution is 0.402. The van der Waals surface area contributed by atoms with Crippen LogP contribution >= 0.6 is 0 Å². The molecule has 2 atom stereocenters. The summed E-state index contributed by atoms with van der Waals surface area (Å²) in [5, 5.41) is 4.56. The fraction of sp³-hybridized carbons (Fsp3) is 0.438. The average Bonchev–Trinajstić information content (AvgIpc) is 2.84. The molecular formula is C16H20N2O2S. The summed E-state index contributed by atoms with van der Waals surface area (Å²) in [5.41, 5.74) is 2.08. The maximum absolute atomic E-state index is 11.8. The number of hydrogen-bond acceptors (Lipinski definition) is 4. The predicted molar refractivity (Wildman–Crippen MR) is 84.9 cm³/mol. The number of nitrogens with one attached hydrogen (secondary N) is 1. The fourth-order valence-corrected chi connectivity index (χ4v) is 5.06. The van der Waals surface area contributed by atoms with Gasteiger partial charge in [0.25, 0.3) is 0 Å². The maximum Gasteiger partial charge on any atom is 0.150 e. The standard InChI is InChI=1S/C16H20N2O2S/c1-2-17-16(13-8-10-21(19,20)11-13)14-7-3-5-12-6-4-9-18-15(12)14/h3-7,9,13,16-17H,2,8,10-11H2,1H3. The molecule has 0 amide bonds. The van der Waals surface area contributed by atoms with Gasteiger partial charge in [0.1, 0.15) is 0 Å². The Morgan fingerprint density at radius 1 is 1.33 bits per heavy atom. The summed E-state index contributed by atoms with van der Waals surface area (Å²) in [4.78, 5) is 4.50. The van der Waals surface area contributed by atoms with E-state index >= 15 is 0 Å². The summed E-state index contributed by atoms with van der Waals surface area (Å²) >= 11 is 0. The molecule has 0 aliphatic carbocycles. The SMILES string of the molecule is CCNC(c1cccc2cccnc12)C1CCS(=O)(=O)C1. The Bertz CT molecular complexity index is 738. The van der Waals surface area contributed by atoms with Crippen LogP contribution in [0.25, 0.3) is 10.9 Å². The smallest absolute Gasteiger partial charge is 0.150 e. The van der Waals surface area contributed by atoms with Crippen LogP contribution in [0.1, 0.15) is 24.9 Å². The molecule has 1 aromatic heterocycles.